The number of carbonyl (C=O) groups is 2. The second-order valence-corrected chi connectivity index (χ2v) is 4.58. The SMILES string of the molecule is CCC(=O)Nc1cccc(NC(=O)c2n[nH]c(C)n2)c1C. The van der Waals surface area contributed by atoms with Gasteiger partial charge in [-0.05, 0) is 31.5 Å². The van der Waals surface area contributed by atoms with Crippen LogP contribution in [0, 0.1) is 13.8 Å². The van der Waals surface area contributed by atoms with E-state index in [1.54, 1.807) is 32.0 Å². The van der Waals surface area contributed by atoms with Gasteiger partial charge in [0.2, 0.25) is 11.7 Å². The molecule has 7 heteroatoms. The van der Waals surface area contributed by atoms with Gasteiger partial charge in [-0.2, -0.15) is 0 Å². The number of aromatic amines is 1. The molecule has 0 aliphatic rings. The number of benzene rings is 1. The summed E-state index contributed by atoms with van der Waals surface area (Å²) in [5.41, 5.74) is 2.06. The molecule has 110 valence electrons. The first-order valence-electron chi connectivity index (χ1n) is 6.61. The van der Waals surface area contributed by atoms with Crippen molar-refractivity contribution in [1.82, 2.24) is 15.2 Å². The molecule has 3 N–H and O–H groups in total. The van der Waals surface area contributed by atoms with E-state index in [-0.39, 0.29) is 11.7 Å². The Morgan fingerprint density at radius 1 is 1.19 bits per heavy atom. The quantitative estimate of drug-likeness (QED) is 0.801. The molecule has 0 aliphatic carbocycles. The molecular formula is C14H17N5O2. The number of nitrogens with zero attached hydrogens (tertiary/aromatic N) is 2. The van der Waals surface area contributed by atoms with Crippen molar-refractivity contribution in [2.75, 3.05) is 10.6 Å². The fraction of sp³-hybridized carbons (Fsp3) is 0.286. The number of hydrogen-bond donors (Lipinski definition) is 3. The standard InChI is InChI=1S/C14H17N5O2/c1-4-12(20)16-10-6-5-7-11(8(10)2)17-14(21)13-15-9(3)18-19-13/h5-7H,4H2,1-3H3,(H,16,20)(H,17,21)(H,15,18,19). The molecule has 0 unspecified atom stereocenters. The predicted molar refractivity (Wildman–Crippen MR) is 79.2 cm³/mol. The van der Waals surface area contributed by atoms with Crippen molar-refractivity contribution >= 4 is 23.2 Å². The lowest BCUT2D eigenvalue weighted by Gasteiger charge is -2.12. The van der Waals surface area contributed by atoms with Gasteiger partial charge in [0.1, 0.15) is 5.82 Å². The van der Waals surface area contributed by atoms with Crippen molar-refractivity contribution in [1.29, 1.82) is 0 Å². The summed E-state index contributed by atoms with van der Waals surface area (Å²) in [6.07, 6.45) is 0.395. The Balaban J connectivity index is 2.18. The zero-order chi connectivity index (χ0) is 15.4. The molecule has 0 bridgehead atoms. The van der Waals surface area contributed by atoms with Crippen molar-refractivity contribution in [2.45, 2.75) is 27.2 Å². The molecule has 2 amide bonds. The molecule has 1 aromatic carbocycles. The van der Waals surface area contributed by atoms with Gasteiger partial charge in [0.15, 0.2) is 0 Å². The first-order chi connectivity index (χ1) is 10.0. The highest BCUT2D eigenvalue weighted by Gasteiger charge is 2.14. The van der Waals surface area contributed by atoms with Gasteiger partial charge in [-0.25, -0.2) is 4.98 Å². The second-order valence-electron chi connectivity index (χ2n) is 4.58. The van der Waals surface area contributed by atoms with Crippen LogP contribution in [0.25, 0.3) is 0 Å². The van der Waals surface area contributed by atoms with Crippen LogP contribution >= 0.6 is 0 Å². The molecule has 0 radical (unpaired) electrons. The van der Waals surface area contributed by atoms with E-state index < -0.39 is 5.91 Å². The molecule has 0 spiro atoms. The van der Waals surface area contributed by atoms with E-state index in [4.69, 9.17) is 0 Å². The molecule has 2 aromatic rings. The summed E-state index contributed by atoms with van der Waals surface area (Å²) in [4.78, 5) is 27.5. The fourth-order valence-corrected chi connectivity index (χ4v) is 1.77. The number of nitrogens with one attached hydrogen (secondary N) is 3. The second kappa shape index (κ2) is 6.17. The zero-order valence-electron chi connectivity index (χ0n) is 12.2. The Labute approximate surface area is 122 Å². The average Bonchev–Trinajstić information content (AvgIpc) is 2.89. The van der Waals surface area contributed by atoms with Gasteiger partial charge in [0.05, 0.1) is 0 Å². The summed E-state index contributed by atoms with van der Waals surface area (Å²) < 4.78 is 0. The summed E-state index contributed by atoms with van der Waals surface area (Å²) in [5, 5.41) is 11.9. The first-order valence-corrected chi connectivity index (χ1v) is 6.61. The Bertz CT molecular complexity index is 678. The van der Waals surface area contributed by atoms with Crippen LogP contribution in [0.2, 0.25) is 0 Å². The third-order valence-corrected chi connectivity index (χ3v) is 2.98. The van der Waals surface area contributed by atoms with Crippen LogP contribution in [0.15, 0.2) is 18.2 Å². The Morgan fingerprint density at radius 3 is 2.43 bits per heavy atom. The number of carbonyl (C=O) groups excluding carboxylic acids is 2. The largest absolute Gasteiger partial charge is 0.326 e. The third-order valence-electron chi connectivity index (χ3n) is 2.98. The fourth-order valence-electron chi connectivity index (χ4n) is 1.77. The Kier molecular flexibility index (Phi) is 4.32. The summed E-state index contributed by atoms with van der Waals surface area (Å²) >= 11 is 0. The number of amides is 2. The maximum atomic E-state index is 12.0. The summed E-state index contributed by atoms with van der Waals surface area (Å²) in [6, 6.07) is 5.31. The lowest BCUT2D eigenvalue weighted by molar-refractivity contribution is -0.115. The number of aryl methyl sites for hydroxylation is 1. The highest BCUT2D eigenvalue weighted by Crippen LogP contribution is 2.23. The topological polar surface area (TPSA) is 99.8 Å². The lowest BCUT2D eigenvalue weighted by atomic mass is 10.1. The van der Waals surface area contributed by atoms with E-state index in [1.165, 1.54) is 0 Å². The van der Waals surface area contributed by atoms with Crippen LogP contribution in [0.3, 0.4) is 0 Å². The number of hydrogen-bond acceptors (Lipinski definition) is 4. The van der Waals surface area contributed by atoms with E-state index in [9.17, 15) is 9.59 Å². The van der Waals surface area contributed by atoms with Gasteiger partial charge in [0, 0.05) is 17.8 Å². The van der Waals surface area contributed by atoms with Crippen LogP contribution in [0.4, 0.5) is 11.4 Å². The Hall–Kier alpha value is -2.70. The van der Waals surface area contributed by atoms with E-state index in [2.05, 4.69) is 25.8 Å². The lowest BCUT2D eigenvalue weighted by Crippen LogP contribution is -2.16. The van der Waals surface area contributed by atoms with Gasteiger partial charge in [-0.3, -0.25) is 14.7 Å². The normalized spacial score (nSPS) is 10.2. The molecular weight excluding hydrogens is 270 g/mol. The highest BCUT2D eigenvalue weighted by atomic mass is 16.2. The van der Waals surface area contributed by atoms with Crippen LogP contribution in [-0.4, -0.2) is 27.0 Å². The maximum absolute atomic E-state index is 12.0. The van der Waals surface area contributed by atoms with E-state index in [1.807, 2.05) is 6.92 Å². The van der Waals surface area contributed by atoms with Gasteiger partial charge in [-0.15, -0.1) is 5.10 Å². The molecule has 7 nitrogen and oxygen atoms in total. The monoisotopic (exact) mass is 287 g/mol. The summed E-state index contributed by atoms with van der Waals surface area (Å²) in [5.74, 6) is 0.170. The van der Waals surface area contributed by atoms with Crippen LogP contribution < -0.4 is 10.6 Å². The Morgan fingerprint density at radius 2 is 1.86 bits per heavy atom. The highest BCUT2D eigenvalue weighted by molar-refractivity contribution is 6.03. The van der Waals surface area contributed by atoms with Crippen LogP contribution in [0.5, 0.6) is 0 Å². The van der Waals surface area contributed by atoms with Crippen molar-refractivity contribution in [3.05, 3.63) is 35.4 Å². The average molecular weight is 287 g/mol. The molecule has 2 rings (SSSR count). The van der Waals surface area contributed by atoms with Gasteiger partial charge in [0.25, 0.3) is 5.91 Å². The number of anilines is 2. The molecule has 21 heavy (non-hydrogen) atoms. The molecule has 1 heterocycles. The van der Waals surface area contributed by atoms with E-state index in [0.29, 0.717) is 23.6 Å². The molecule has 0 atom stereocenters. The number of H-pyrrole nitrogens is 1. The van der Waals surface area contributed by atoms with Gasteiger partial charge >= 0.3 is 0 Å². The minimum Gasteiger partial charge on any atom is -0.326 e. The van der Waals surface area contributed by atoms with Gasteiger partial charge < -0.3 is 10.6 Å². The number of aromatic nitrogens is 3. The first kappa shape index (κ1) is 14.7. The molecule has 0 fully saturated rings. The van der Waals surface area contributed by atoms with Crippen molar-refractivity contribution in [2.24, 2.45) is 0 Å². The van der Waals surface area contributed by atoms with Gasteiger partial charge in [-0.1, -0.05) is 13.0 Å². The summed E-state index contributed by atoms with van der Waals surface area (Å²) in [7, 11) is 0. The summed E-state index contributed by atoms with van der Waals surface area (Å²) in [6.45, 7) is 5.32. The molecule has 0 aliphatic heterocycles. The predicted octanol–water partition coefficient (Wildman–Crippen LogP) is 2.02. The minimum absolute atomic E-state index is 0.0776. The molecule has 0 saturated carbocycles. The van der Waals surface area contributed by atoms with Crippen molar-refractivity contribution in [3.8, 4) is 0 Å². The van der Waals surface area contributed by atoms with Crippen LogP contribution in [-0.2, 0) is 4.79 Å². The van der Waals surface area contributed by atoms with Crippen molar-refractivity contribution in [3.63, 3.8) is 0 Å². The van der Waals surface area contributed by atoms with E-state index in [0.717, 1.165) is 5.56 Å². The van der Waals surface area contributed by atoms with Crippen LogP contribution in [0.1, 0.15) is 35.4 Å². The zero-order valence-corrected chi connectivity index (χ0v) is 12.2. The number of rotatable bonds is 4. The molecule has 0 saturated heterocycles. The third kappa shape index (κ3) is 3.44. The smallest absolute Gasteiger partial charge is 0.295 e. The van der Waals surface area contributed by atoms with Crippen molar-refractivity contribution < 1.29 is 9.59 Å². The minimum atomic E-state index is -0.401. The maximum Gasteiger partial charge on any atom is 0.295 e. The molecule has 1 aromatic heterocycles. The van der Waals surface area contributed by atoms with E-state index >= 15 is 0 Å².